The zero-order valence-electron chi connectivity index (χ0n) is 13.4. The summed E-state index contributed by atoms with van der Waals surface area (Å²) in [5.41, 5.74) is -0.212. The molecule has 2 rings (SSSR count). The van der Waals surface area contributed by atoms with Crippen LogP contribution in [-0.4, -0.2) is 36.5 Å². The lowest BCUT2D eigenvalue weighted by Crippen LogP contribution is -2.45. The van der Waals surface area contributed by atoms with Crippen molar-refractivity contribution in [2.75, 3.05) is 13.7 Å². The summed E-state index contributed by atoms with van der Waals surface area (Å²) in [6, 6.07) is 4.39. The fraction of sp³-hybridized carbons (Fsp3) is 0.529. The number of carbonyl (C=O) groups is 2. The standard InChI is InChI=1S/C17H20F3NO3/c1-24-16(23)11-14-4-2-3-9-21(14)15(22)10-12-5-7-13(8-6-12)17(18,19)20/h5-8,14H,2-4,9-11H2,1H3. The molecule has 0 N–H and O–H groups in total. The number of hydrogen-bond donors (Lipinski definition) is 0. The van der Waals surface area contributed by atoms with Gasteiger partial charge in [-0.3, -0.25) is 9.59 Å². The molecular formula is C17H20F3NO3. The summed E-state index contributed by atoms with van der Waals surface area (Å²) in [5, 5.41) is 0. The lowest BCUT2D eigenvalue weighted by atomic mass is 9.98. The molecule has 1 atom stereocenters. The second kappa shape index (κ2) is 7.68. The molecule has 1 aromatic carbocycles. The maximum absolute atomic E-state index is 12.6. The zero-order chi connectivity index (χ0) is 17.7. The molecule has 1 aliphatic rings. The van der Waals surface area contributed by atoms with Crippen LogP contribution in [0.3, 0.4) is 0 Å². The number of rotatable bonds is 4. The van der Waals surface area contributed by atoms with Gasteiger partial charge in [-0.25, -0.2) is 0 Å². The van der Waals surface area contributed by atoms with E-state index >= 15 is 0 Å². The van der Waals surface area contributed by atoms with Crippen LogP contribution >= 0.6 is 0 Å². The van der Waals surface area contributed by atoms with Crippen molar-refractivity contribution >= 4 is 11.9 Å². The Morgan fingerprint density at radius 3 is 2.46 bits per heavy atom. The molecule has 0 aromatic heterocycles. The van der Waals surface area contributed by atoms with E-state index < -0.39 is 11.7 Å². The lowest BCUT2D eigenvalue weighted by molar-refractivity contribution is -0.144. The Morgan fingerprint density at radius 1 is 1.21 bits per heavy atom. The fourth-order valence-corrected chi connectivity index (χ4v) is 2.90. The van der Waals surface area contributed by atoms with E-state index in [0.717, 1.165) is 31.4 Å². The van der Waals surface area contributed by atoms with E-state index in [2.05, 4.69) is 4.74 Å². The summed E-state index contributed by atoms with van der Waals surface area (Å²) in [6.07, 6.45) is -1.69. The molecular weight excluding hydrogens is 323 g/mol. The zero-order valence-corrected chi connectivity index (χ0v) is 13.4. The maximum Gasteiger partial charge on any atom is 0.416 e. The quantitative estimate of drug-likeness (QED) is 0.789. The number of hydrogen-bond acceptors (Lipinski definition) is 3. The minimum atomic E-state index is -4.39. The molecule has 1 unspecified atom stereocenters. The normalized spacial score (nSPS) is 18.3. The van der Waals surface area contributed by atoms with Crippen molar-refractivity contribution in [2.24, 2.45) is 0 Å². The second-order valence-electron chi connectivity index (χ2n) is 5.89. The molecule has 1 aliphatic heterocycles. The number of halogens is 3. The summed E-state index contributed by atoms with van der Waals surface area (Å²) in [4.78, 5) is 25.6. The van der Waals surface area contributed by atoms with E-state index in [1.165, 1.54) is 19.2 Å². The topological polar surface area (TPSA) is 46.6 Å². The van der Waals surface area contributed by atoms with Crippen molar-refractivity contribution in [1.29, 1.82) is 0 Å². The highest BCUT2D eigenvalue weighted by Crippen LogP contribution is 2.29. The Hall–Kier alpha value is -2.05. The average molecular weight is 343 g/mol. The highest BCUT2D eigenvalue weighted by molar-refractivity contribution is 5.80. The first-order chi connectivity index (χ1) is 11.3. The molecule has 0 bridgehead atoms. The number of likely N-dealkylation sites (tertiary alicyclic amines) is 1. The molecule has 7 heteroatoms. The minimum Gasteiger partial charge on any atom is -0.469 e. The molecule has 4 nitrogen and oxygen atoms in total. The fourth-order valence-electron chi connectivity index (χ4n) is 2.90. The van der Waals surface area contributed by atoms with Crippen LogP contribution < -0.4 is 0 Å². The van der Waals surface area contributed by atoms with Gasteiger partial charge in [-0.15, -0.1) is 0 Å². The van der Waals surface area contributed by atoms with Crippen LogP contribution in [-0.2, 0) is 26.9 Å². The maximum atomic E-state index is 12.6. The SMILES string of the molecule is COC(=O)CC1CCCCN1C(=O)Cc1ccc(C(F)(F)F)cc1. The van der Waals surface area contributed by atoms with Crippen molar-refractivity contribution in [3.63, 3.8) is 0 Å². The van der Waals surface area contributed by atoms with E-state index in [1.54, 1.807) is 4.90 Å². The molecule has 1 heterocycles. The number of benzene rings is 1. The molecule has 132 valence electrons. The van der Waals surface area contributed by atoms with Gasteiger partial charge in [0, 0.05) is 12.6 Å². The van der Waals surface area contributed by atoms with Gasteiger partial charge in [-0.1, -0.05) is 12.1 Å². The number of piperidine rings is 1. The van der Waals surface area contributed by atoms with Crippen LogP contribution in [0.25, 0.3) is 0 Å². The Kier molecular flexibility index (Phi) is 5.85. The van der Waals surface area contributed by atoms with Crippen LogP contribution in [0.15, 0.2) is 24.3 Å². The van der Waals surface area contributed by atoms with Gasteiger partial charge >= 0.3 is 12.1 Å². The number of amides is 1. The molecule has 0 spiro atoms. The average Bonchev–Trinajstić information content (AvgIpc) is 2.54. The van der Waals surface area contributed by atoms with Crippen molar-refractivity contribution in [1.82, 2.24) is 4.90 Å². The van der Waals surface area contributed by atoms with Crippen LogP contribution in [0.2, 0.25) is 0 Å². The largest absolute Gasteiger partial charge is 0.469 e. The van der Waals surface area contributed by atoms with Gasteiger partial charge in [0.1, 0.15) is 0 Å². The van der Waals surface area contributed by atoms with E-state index in [0.29, 0.717) is 12.1 Å². The van der Waals surface area contributed by atoms with Crippen molar-refractivity contribution in [2.45, 2.75) is 44.3 Å². The van der Waals surface area contributed by atoms with Gasteiger partial charge in [0.2, 0.25) is 5.91 Å². The Balaban J connectivity index is 2.02. The lowest BCUT2D eigenvalue weighted by Gasteiger charge is -2.35. The molecule has 1 aromatic rings. The Morgan fingerprint density at radius 2 is 1.88 bits per heavy atom. The molecule has 1 amide bonds. The Bertz CT molecular complexity index is 584. The third-order valence-electron chi connectivity index (χ3n) is 4.21. The summed E-state index contributed by atoms with van der Waals surface area (Å²) >= 11 is 0. The highest BCUT2D eigenvalue weighted by atomic mass is 19.4. The summed E-state index contributed by atoms with van der Waals surface area (Å²) in [5.74, 6) is -0.544. The van der Waals surface area contributed by atoms with E-state index in [4.69, 9.17) is 0 Å². The molecule has 1 fully saturated rings. The van der Waals surface area contributed by atoms with Gasteiger partial charge < -0.3 is 9.64 Å². The molecule has 0 radical (unpaired) electrons. The molecule has 1 saturated heterocycles. The summed E-state index contributed by atoms with van der Waals surface area (Å²) in [7, 11) is 1.31. The minimum absolute atomic E-state index is 0.0236. The van der Waals surface area contributed by atoms with Crippen LogP contribution in [0, 0.1) is 0 Å². The first-order valence-electron chi connectivity index (χ1n) is 7.83. The number of carbonyl (C=O) groups excluding carboxylic acids is 2. The summed E-state index contributed by atoms with van der Waals surface area (Å²) < 4.78 is 42.3. The van der Waals surface area contributed by atoms with Gasteiger partial charge in [-0.05, 0) is 37.0 Å². The van der Waals surface area contributed by atoms with E-state index in [1.807, 2.05) is 0 Å². The molecule has 0 aliphatic carbocycles. The number of alkyl halides is 3. The van der Waals surface area contributed by atoms with E-state index in [9.17, 15) is 22.8 Å². The third kappa shape index (κ3) is 4.72. The van der Waals surface area contributed by atoms with Gasteiger partial charge in [-0.2, -0.15) is 13.2 Å². The first kappa shape index (κ1) is 18.3. The predicted molar refractivity (Wildman–Crippen MR) is 81.1 cm³/mol. The number of nitrogens with zero attached hydrogens (tertiary/aromatic N) is 1. The van der Waals surface area contributed by atoms with Crippen molar-refractivity contribution in [3.8, 4) is 0 Å². The monoisotopic (exact) mass is 343 g/mol. The van der Waals surface area contributed by atoms with Crippen LogP contribution in [0.5, 0.6) is 0 Å². The van der Waals surface area contributed by atoms with Gasteiger partial charge in [0.15, 0.2) is 0 Å². The smallest absolute Gasteiger partial charge is 0.416 e. The number of esters is 1. The summed E-state index contributed by atoms with van der Waals surface area (Å²) in [6.45, 7) is 0.557. The van der Waals surface area contributed by atoms with Crippen molar-refractivity contribution in [3.05, 3.63) is 35.4 Å². The second-order valence-corrected chi connectivity index (χ2v) is 5.89. The Labute approximate surface area is 138 Å². The number of methoxy groups -OCH3 is 1. The van der Waals surface area contributed by atoms with Gasteiger partial charge in [0.05, 0.1) is 25.5 Å². The molecule has 24 heavy (non-hydrogen) atoms. The van der Waals surface area contributed by atoms with E-state index in [-0.39, 0.29) is 30.8 Å². The number of ether oxygens (including phenoxy) is 1. The molecule has 0 saturated carbocycles. The van der Waals surface area contributed by atoms with Crippen LogP contribution in [0.4, 0.5) is 13.2 Å². The van der Waals surface area contributed by atoms with Crippen molar-refractivity contribution < 1.29 is 27.5 Å². The third-order valence-corrected chi connectivity index (χ3v) is 4.21. The van der Waals surface area contributed by atoms with Crippen LogP contribution in [0.1, 0.15) is 36.8 Å². The predicted octanol–water partition coefficient (Wildman–Crippen LogP) is 3.19. The highest BCUT2D eigenvalue weighted by Gasteiger charge is 2.31. The first-order valence-corrected chi connectivity index (χ1v) is 7.83. The van der Waals surface area contributed by atoms with Gasteiger partial charge in [0.25, 0.3) is 0 Å².